The van der Waals surface area contributed by atoms with Crippen molar-refractivity contribution in [2.24, 2.45) is 0 Å². The number of Topliss-reactive ketones (excluding diaryl/α,β-unsaturated/α-hetero) is 1. The van der Waals surface area contributed by atoms with Gasteiger partial charge < -0.3 is 9.64 Å². The van der Waals surface area contributed by atoms with E-state index in [9.17, 15) is 4.79 Å². The van der Waals surface area contributed by atoms with E-state index in [0.29, 0.717) is 12.6 Å². The number of hydrogen-bond donors (Lipinski definition) is 0. The number of rotatable bonds is 6. The van der Waals surface area contributed by atoms with E-state index in [-0.39, 0.29) is 5.78 Å². The summed E-state index contributed by atoms with van der Waals surface area (Å²) in [6, 6.07) is 7.91. The first kappa shape index (κ1) is 15.0. The molecule has 1 aromatic carbocycles. The van der Waals surface area contributed by atoms with Gasteiger partial charge in [-0.05, 0) is 45.6 Å². The first-order valence-corrected chi connectivity index (χ1v) is 7.16. The van der Waals surface area contributed by atoms with Gasteiger partial charge in [-0.25, -0.2) is 0 Å². The fourth-order valence-electron chi connectivity index (χ4n) is 2.80. The molecule has 1 saturated heterocycles. The number of carbonyl (C=O) groups is 1. The number of benzene rings is 1. The van der Waals surface area contributed by atoms with Gasteiger partial charge in [-0.3, -0.25) is 9.69 Å². The summed E-state index contributed by atoms with van der Waals surface area (Å²) < 4.78 is 5.18. The molecule has 1 unspecified atom stereocenters. The van der Waals surface area contributed by atoms with Crippen molar-refractivity contribution in [1.82, 2.24) is 9.80 Å². The third-order valence-corrected chi connectivity index (χ3v) is 3.81. The maximum absolute atomic E-state index is 12.4. The van der Waals surface area contributed by atoms with Crippen LogP contribution in [-0.2, 0) is 0 Å². The average molecular weight is 276 g/mol. The Kier molecular flexibility index (Phi) is 5.15. The summed E-state index contributed by atoms with van der Waals surface area (Å²) in [5, 5.41) is 0. The van der Waals surface area contributed by atoms with Crippen molar-refractivity contribution >= 4 is 5.78 Å². The van der Waals surface area contributed by atoms with Crippen LogP contribution in [0.25, 0.3) is 0 Å². The lowest BCUT2D eigenvalue weighted by Crippen LogP contribution is -2.40. The standard InChI is InChI=1S/C16H24N2O2/c1-17(2)11-14-7-5-9-18(14)12-16(19)13-6-4-8-15(10-13)20-3/h4,6,8,10,14H,5,7,9,11-12H2,1-3H3. The van der Waals surface area contributed by atoms with Gasteiger partial charge >= 0.3 is 0 Å². The van der Waals surface area contributed by atoms with Gasteiger partial charge in [0.25, 0.3) is 0 Å². The Morgan fingerprint density at radius 2 is 2.25 bits per heavy atom. The Morgan fingerprint density at radius 1 is 1.45 bits per heavy atom. The Morgan fingerprint density at radius 3 is 2.95 bits per heavy atom. The van der Waals surface area contributed by atoms with Crippen molar-refractivity contribution in [3.05, 3.63) is 29.8 Å². The molecular weight excluding hydrogens is 252 g/mol. The Balaban J connectivity index is 1.99. The van der Waals surface area contributed by atoms with E-state index in [0.717, 1.165) is 24.4 Å². The molecule has 110 valence electrons. The van der Waals surface area contributed by atoms with Gasteiger partial charge in [0.1, 0.15) is 5.75 Å². The van der Waals surface area contributed by atoms with Gasteiger partial charge in [0, 0.05) is 18.2 Å². The van der Waals surface area contributed by atoms with Crippen molar-refractivity contribution in [1.29, 1.82) is 0 Å². The lowest BCUT2D eigenvalue weighted by atomic mass is 10.1. The van der Waals surface area contributed by atoms with Gasteiger partial charge in [-0.15, -0.1) is 0 Å². The third kappa shape index (κ3) is 3.81. The highest BCUT2D eigenvalue weighted by Gasteiger charge is 2.26. The van der Waals surface area contributed by atoms with Gasteiger partial charge in [0.05, 0.1) is 13.7 Å². The van der Waals surface area contributed by atoms with Crippen LogP contribution in [0.5, 0.6) is 5.75 Å². The molecule has 0 spiro atoms. The molecule has 0 aliphatic carbocycles. The van der Waals surface area contributed by atoms with Crippen LogP contribution in [0.2, 0.25) is 0 Å². The van der Waals surface area contributed by atoms with Crippen molar-refractivity contribution in [3.63, 3.8) is 0 Å². The second kappa shape index (κ2) is 6.86. The largest absolute Gasteiger partial charge is 0.497 e. The minimum absolute atomic E-state index is 0.176. The van der Waals surface area contributed by atoms with Crippen LogP contribution in [-0.4, -0.2) is 62.5 Å². The molecule has 0 radical (unpaired) electrons. The predicted octanol–water partition coefficient (Wildman–Crippen LogP) is 1.90. The first-order valence-electron chi connectivity index (χ1n) is 7.16. The summed E-state index contributed by atoms with van der Waals surface area (Å²) in [6.45, 7) is 2.55. The molecule has 1 aliphatic rings. The number of methoxy groups -OCH3 is 1. The predicted molar refractivity (Wildman–Crippen MR) is 80.5 cm³/mol. The normalized spacial score (nSPS) is 19.5. The summed E-state index contributed by atoms with van der Waals surface area (Å²) in [4.78, 5) is 16.9. The monoisotopic (exact) mass is 276 g/mol. The summed E-state index contributed by atoms with van der Waals surface area (Å²) in [5.41, 5.74) is 0.736. The summed E-state index contributed by atoms with van der Waals surface area (Å²) >= 11 is 0. The van der Waals surface area contributed by atoms with E-state index in [4.69, 9.17) is 4.74 Å². The quantitative estimate of drug-likeness (QED) is 0.743. The van der Waals surface area contributed by atoms with Crippen molar-refractivity contribution in [2.75, 3.05) is 40.8 Å². The highest BCUT2D eigenvalue weighted by molar-refractivity contribution is 5.98. The maximum atomic E-state index is 12.4. The number of likely N-dealkylation sites (tertiary alicyclic amines) is 1. The summed E-state index contributed by atoms with van der Waals surface area (Å²) in [7, 11) is 5.79. The lowest BCUT2D eigenvalue weighted by molar-refractivity contribution is 0.0910. The van der Waals surface area contributed by atoms with Crippen LogP contribution in [0.15, 0.2) is 24.3 Å². The van der Waals surface area contributed by atoms with Crippen LogP contribution in [0.4, 0.5) is 0 Å². The topological polar surface area (TPSA) is 32.8 Å². The van der Waals surface area contributed by atoms with Crippen LogP contribution in [0, 0.1) is 0 Å². The molecule has 0 saturated carbocycles. The van der Waals surface area contributed by atoms with Crippen molar-refractivity contribution in [3.8, 4) is 5.75 Å². The van der Waals surface area contributed by atoms with Gasteiger partial charge in [-0.2, -0.15) is 0 Å². The van der Waals surface area contributed by atoms with Gasteiger partial charge in [0.15, 0.2) is 5.78 Å². The minimum Gasteiger partial charge on any atom is -0.497 e. The second-order valence-electron chi connectivity index (χ2n) is 5.68. The molecule has 1 aromatic rings. The fraction of sp³-hybridized carbons (Fsp3) is 0.562. The zero-order chi connectivity index (χ0) is 14.5. The molecule has 4 nitrogen and oxygen atoms in total. The molecule has 1 heterocycles. The smallest absolute Gasteiger partial charge is 0.176 e. The third-order valence-electron chi connectivity index (χ3n) is 3.81. The van der Waals surface area contributed by atoms with E-state index in [1.54, 1.807) is 7.11 Å². The van der Waals surface area contributed by atoms with E-state index >= 15 is 0 Å². The molecule has 2 rings (SSSR count). The average Bonchev–Trinajstić information content (AvgIpc) is 2.85. The Labute approximate surface area is 121 Å². The molecule has 0 bridgehead atoms. The molecule has 0 N–H and O–H groups in total. The SMILES string of the molecule is COc1cccc(C(=O)CN2CCCC2CN(C)C)c1. The molecule has 0 aromatic heterocycles. The molecule has 1 fully saturated rings. The van der Waals surface area contributed by atoms with E-state index in [2.05, 4.69) is 23.9 Å². The molecular formula is C16H24N2O2. The number of carbonyl (C=O) groups excluding carboxylic acids is 1. The van der Waals surface area contributed by atoms with Crippen molar-refractivity contribution in [2.45, 2.75) is 18.9 Å². The van der Waals surface area contributed by atoms with Crippen LogP contribution < -0.4 is 4.74 Å². The number of hydrogen-bond acceptors (Lipinski definition) is 4. The first-order chi connectivity index (χ1) is 9.60. The fourth-order valence-corrected chi connectivity index (χ4v) is 2.80. The Bertz CT molecular complexity index is 460. The highest BCUT2D eigenvalue weighted by Crippen LogP contribution is 2.19. The van der Waals surface area contributed by atoms with Crippen LogP contribution in [0.1, 0.15) is 23.2 Å². The second-order valence-corrected chi connectivity index (χ2v) is 5.68. The Hall–Kier alpha value is -1.39. The molecule has 1 atom stereocenters. The summed E-state index contributed by atoms with van der Waals surface area (Å²) in [6.07, 6.45) is 2.37. The lowest BCUT2D eigenvalue weighted by Gasteiger charge is -2.26. The number of nitrogens with zero attached hydrogens (tertiary/aromatic N) is 2. The van der Waals surface area contributed by atoms with Gasteiger partial charge in [-0.1, -0.05) is 12.1 Å². The van der Waals surface area contributed by atoms with E-state index in [1.165, 1.54) is 12.8 Å². The molecule has 1 aliphatic heterocycles. The van der Waals surface area contributed by atoms with Crippen LogP contribution >= 0.6 is 0 Å². The van der Waals surface area contributed by atoms with E-state index in [1.807, 2.05) is 24.3 Å². The summed E-state index contributed by atoms with van der Waals surface area (Å²) in [5.74, 6) is 0.914. The number of likely N-dealkylation sites (N-methyl/N-ethyl adjacent to an activating group) is 1. The number of ketones is 1. The van der Waals surface area contributed by atoms with Crippen LogP contribution in [0.3, 0.4) is 0 Å². The molecule has 4 heteroatoms. The van der Waals surface area contributed by atoms with Crippen molar-refractivity contribution < 1.29 is 9.53 Å². The van der Waals surface area contributed by atoms with Gasteiger partial charge in [0.2, 0.25) is 0 Å². The minimum atomic E-state index is 0.176. The molecule has 20 heavy (non-hydrogen) atoms. The zero-order valence-electron chi connectivity index (χ0n) is 12.6. The maximum Gasteiger partial charge on any atom is 0.176 e. The number of ether oxygens (including phenoxy) is 1. The zero-order valence-corrected chi connectivity index (χ0v) is 12.6. The van der Waals surface area contributed by atoms with E-state index < -0.39 is 0 Å². The molecule has 0 amide bonds. The highest BCUT2D eigenvalue weighted by atomic mass is 16.5.